The van der Waals surface area contributed by atoms with Crippen molar-refractivity contribution in [1.29, 1.82) is 0 Å². The molecule has 0 spiro atoms. The summed E-state index contributed by atoms with van der Waals surface area (Å²) in [5.41, 5.74) is 3.49. The number of halogens is 1. The topological polar surface area (TPSA) is 37.4 Å². The largest absolute Gasteiger partial charge is 0.371 e. The molecule has 0 aliphatic rings. The van der Waals surface area contributed by atoms with Crippen molar-refractivity contribution >= 4 is 15.9 Å². The lowest BCUT2D eigenvalue weighted by Gasteiger charge is -2.27. The summed E-state index contributed by atoms with van der Waals surface area (Å²) in [5.74, 6) is 0.564. The highest BCUT2D eigenvalue weighted by Gasteiger charge is 2.12. The minimum atomic E-state index is -4.62. The smallest absolute Gasteiger partial charge is 0.332 e. The first-order valence-electron chi connectivity index (χ1n) is 8.61. The highest BCUT2D eigenvalue weighted by molar-refractivity contribution is 7.86. The Labute approximate surface area is 150 Å². The summed E-state index contributed by atoms with van der Waals surface area (Å²) < 4.78 is 34.6. The van der Waals surface area contributed by atoms with E-state index >= 15 is 0 Å². The Balaban J connectivity index is 1.99. The van der Waals surface area contributed by atoms with Gasteiger partial charge in [-0.2, -0.15) is 8.42 Å². The molecule has 0 heterocycles. The van der Waals surface area contributed by atoms with E-state index < -0.39 is 10.2 Å². The van der Waals surface area contributed by atoms with Gasteiger partial charge in [0.15, 0.2) is 0 Å². The molecular weight excluding hydrogens is 337 g/mol. The van der Waals surface area contributed by atoms with Crippen LogP contribution in [0.15, 0.2) is 53.4 Å². The van der Waals surface area contributed by atoms with E-state index in [0.29, 0.717) is 5.92 Å². The first-order valence-corrected chi connectivity index (χ1v) is 9.99. The van der Waals surface area contributed by atoms with Gasteiger partial charge in [-0.15, -0.1) is 3.89 Å². The maximum absolute atomic E-state index is 12.9. The molecule has 0 aliphatic heterocycles. The van der Waals surface area contributed by atoms with Gasteiger partial charge in [-0.05, 0) is 61.1 Å². The Morgan fingerprint density at radius 3 is 2.32 bits per heavy atom. The van der Waals surface area contributed by atoms with Crippen molar-refractivity contribution in [2.24, 2.45) is 5.92 Å². The lowest BCUT2D eigenvalue weighted by molar-refractivity contribution is 0.552. The van der Waals surface area contributed by atoms with E-state index in [0.717, 1.165) is 31.5 Å². The second-order valence-corrected chi connectivity index (χ2v) is 8.21. The first kappa shape index (κ1) is 19.4. The van der Waals surface area contributed by atoms with E-state index in [9.17, 15) is 12.3 Å². The van der Waals surface area contributed by atoms with Gasteiger partial charge in [-0.3, -0.25) is 0 Å². The Morgan fingerprint density at radius 2 is 1.76 bits per heavy atom. The lowest BCUT2D eigenvalue weighted by atomic mass is 10.1. The molecule has 0 bridgehead atoms. The van der Waals surface area contributed by atoms with Gasteiger partial charge in [0, 0.05) is 18.8 Å². The van der Waals surface area contributed by atoms with Gasteiger partial charge in [0.2, 0.25) is 0 Å². The molecule has 0 fully saturated rings. The van der Waals surface area contributed by atoms with Gasteiger partial charge in [-0.1, -0.05) is 38.1 Å². The number of nitrogens with zero attached hydrogens (tertiary/aromatic N) is 1. The molecule has 0 N–H and O–H groups in total. The Kier molecular flexibility index (Phi) is 6.59. The Morgan fingerprint density at radius 1 is 1.08 bits per heavy atom. The van der Waals surface area contributed by atoms with E-state index in [-0.39, 0.29) is 4.90 Å². The van der Waals surface area contributed by atoms with E-state index in [1.54, 1.807) is 12.1 Å². The second-order valence-electron chi connectivity index (χ2n) is 6.86. The van der Waals surface area contributed by atoms with E-state index in [2.05, 4.69) is 49.9 Å². The van der Waals surface area contributed by atoms with Crippen molar-refractivity contribution in [1.82, 2.24) is 0 Å². The maximum Gasteiger partial charge on any atom is 0.332 e. The fourth-order valence-corrected chi connectivity index (χ4v) is 3.35. The summed E-state index contributed by atoms with van der Waals surface area (Å²) in [5, 5.41) is 0. The Hall–Kier alpha value is -1.88. The molecule has 0 amide bonds. The number of hydrogen-bond acceptors (Lipinski definition) is 3. The van der Waals surface area contributed by atoms with Gasteiger partial charge in [0.05, 0.1) is 4.90 Å². The van der Waals surface area contributed by atoms with Crippen LogP contribution in [0.1, 0.15) is 31.4 Å². The van der Waals surface area contributed by atoms with Crippen molar-refractivity contribution in [2.45, 2.75) is 38.5 Å². The van der Waals surface area contributed by atoms with Crippen LogP contribution >= 0.6 is 0 Å². The molecule has 0 aromatic heterocycles. The van der Waals surface area contributed by atoms with Crippen LogP contribution in [-0.2, 0) is 16.6 Å². The van der Waals surface area contributed by atoms with Crippen LogP contribution in [0.25, 0.3) is 0 Å². The van der Waals surface area contributed by atoms with Crippen LogP contribution in [0, 0.1) is 12.8 Å². The van der Waals surface area contributed by atoms with Crippen LogP contribution in [0.3, 0.4) is 0 Å². The van der Waals surface area contributed by atoms with Crippen molar-refractivity contribution in [3.8, 4) is 0 Å². The predicted octanol–water partition coefficient (Wildman–Crippen LogP) is 4.75. The molecular formula is C20H26FNO2S. The molecule has 25 heavy (non-hydrogen) atoms. The third-order valence-electron chi connectivity index (χ3n) is 4.05. The standard InChI is InChI=1S/C20H26FNO2S/c1-16(2)15-22(19-8-4-6-17(3)14-19)13-5-7-18-9-11-20(12-10-18)25(21,23)24/h4,6,8-12,14,16H,5,7,13,15H2,1-3H3. The van der Waals surface area contributed by atoms with Gasteiger partial charge in [0.1, 0.15) is 0 Å². The zero-order chi connectivity index (χ0) is 18.4. The predicted molar refractivity (Wildman–Crippen MR) is 101 cm³/mol. The van der Waals surface area contributed by atoms with Crippen LogP contribution in [-0.4, -0.2) is 21.5 Å². The number of anilines is 1. The van der Waals surface area contributed by atoms with Crippen LogP contribution in [0.2, 0.25) is 0 Å². The number of hydrogen-bond donors (Lipinski definition) is 0. The van der Waals surface area contributed by atoms with Crippen molar-refractivity contribution < 1.29 is 12.3 Å². The van der Waals surface area contributed by atoms with Crippen LogP contribution < -0.4 is 4.90 Å². The molecule has 2 aromatic rings. The molecule has 2 aromatic carbocycles. The van der Waals surface area contributed by atoms with Gasteiger partial charge in [-0.25, -0.2) is 0 Å². The van der Waals surface area contributed by atoms with Crippen molar-refractivity contribution in [3.05, 3.63) is 59.7 Å². The average Bonchev–Trinajstić information content (AvgIpc) is 2.53. The van der Waals surface area contributed by atoms with Crippen molar-refractivity contribution in [3.63, 3.8) is 0 Å². The minimum Gasteiger partial charge on any atom is -0.371 e. The molecule has 0 unspecified atom stereocenters. The molecule has 5 heteroatoms. The van der Waals surface area contributed by atoms with Crippen LogP contribution in [0.5, 0.6) is 0 Å². The molecule has 2 rings (SSSR count). The first-order chi connectivity index (χ1) is 11.8. The van der Waals surface area contributed by atoms with Gasteiger partial charge < -0.3 is 4.90 Å². The quantitative estimate of drug-likeness (QED) is 0.635. The van der Waals surface area contributed by atoms with Gasteiger partial charge >= 0.3 is 10.2 Å². The maximum atomic E-state index is 12.9. The Bertz CT molecular complexity index is 786. The average molecular weight is 363 g/mol. The summed E-state index contributed by atoms with van der Waals surface area (Å²) in [7, 11) is -4.62. The minimum absolute atomic E-state index is 0.280. The lowest BCUT2D eigenvalue weighted by Crippen LogP contribution is -2.29. The summed E-state index contributed by atoms with van der Waals surface area (Å²) in [6, 6.07) is 14.5. The zero-order valence-electron chi connectivity index (χ0n) is 15.1. The molecule has 3 nitrogen and oxygen atoms in total. The highest BCUT2D eigenvalue weighted by atomic mass is 32.3. The number of aryl methyl sites for hydroxylation is 2. The van der Waals surface area contributed by atoms with Gasteiger partial charge in [0.25, 0.3) is 0 Å². The number of benzene rings is 2. The molecule has 0 atom stereocenters. The monoisotopic (exact) mass is 363 g/mol. The fraction of sp³-hybridized carbons (Fsp3) is 0.400. The third kappa shape index (κ3) is 6.16. The normalized spacial score (nSPS) is 11.7. The third-order valence-corrected chi connectivity index (χ3v) is 4.89. The molecule has 0 saturated carbocycles. The van der Waals surface area contributed by atoms with Crippen molar-refractivity contribution in [2.75, 3.05) is 18.0 Å². The summed E-state index contributed by atoms with van der Waals surface area (Å²) in [6.45, 7) is 8.42. The van der Waals surface area contributed by atoms with E-state index in [1.807, 2.05) is 0 Å². The van der Waals surface area contributed by atoms with E-state index in [1.165, 1.54) is 23.4 Å². The molecule has 0 saturated heterocycles. The molecule has 0 radical (unpaired) electrons. The summed E-state index contributed by atoms with van der Waals surface area (Å²) >= 11 is 0. The number of rotatable bonds is 8. The molecule has 136 valence electrons. The SMILES string of the molecule is Cc1cccc(N(CCCc2ccc(S(=O)(=O)F)cc2)CC(C)C)c1. The van der Waals surface area contributed by atoms with E-state index in [4.69, 9.17) is 0 Å². The summed E-state index contributed by atoms with van der Waals surface area (Å²) in [6.07, 6.45) is 1.77. The highest BCUT2D eigenvalue weighted by Crippen LogP contribution is 2.19. The summed E-state index contributed by atoms with van der Waals surface area (Å²) in [4.78, 5) is 2.11. The zero-order valence-corrected chi connectivity index (χ0v) is 15.9. The molecule has 0 aliphatic carbocycles. The second kappa shape index (κ2) is 8.48. The van der Waals surface area contributed by atoms with Crippen LogP contribution in [0.4, 0.5) is 9.57 Å². The fourth-order valence-electron chi connectivity index (χ4n) is 2.88.